The van der Waals surface area contributed by atoms with E-state index in [2.05, 4.69) is 44.0 Å². The van der Waals surface area contributed by atoms with Gasteiger partial charge in [0.1, 0.15) is 0 Å². The summed E-state index contributed by atoms with van der Waals surface area (Å²) >= 11 is 7.05. The molecule has 0 bridgehead atoms. The maximum atomic E-state index is 13.5. The van der Waals surface area contributed by atoms with Crippen molar-refractivity contribution < 1.29 is 9.53 Å². The SMILES string of the molecule is CN(Cc1ccccc1Br)C(=O)C1(c2ccc(Br)cc2)CCOCC1. The molecule has 0 atom stereocenters. The highest BCUT2D eigenvalue weighted by molar-refractivity contribution is 9.10. The molecule has 0 N–H and O–H groups in total. The van der Waals surface area contributed by atoms with Crippen molar-refractivity contribution in [2.45, 2.75) is 24.8 Å². The summed E-state index contributed by atoms with van der Waals surface area (Å²) in [5, 5.41) is 0. The molecule has 2 aromatic carbocycles. The molecule has 132 valence electrons. The predicted octanol–water partition coefficient (Wildman–Crippen LogP) is 4.92. The minimum absolute atomic E-state index is 0.161. The van der Waals surface area contributed by atoms with Crippen LogP contribution in [0.4, 0.5) is 0 Å². The molecule has 1 aliphatic heterocycles. The fourth-order valence-corrected chi connectivity index (χ4v) is 4.11. The van der Waals surface area contributed by atoms with Gasteiger partial charge >= 0.3 is 0 Å². The van der Waals surface area contributed by atoms with Crippen LogP contribution in [0.5, 0.6) is 0 Å². The molecule has 0 aromatic heterocycles. The monoisotopic (exact) mass is 465 g/mol. The van der Waals surface area contributed by atoms with E-state index in [-0.39, 0.29) is 5.91 Å². The molecule has 0 spiro atoms. The van der Waals surface area contributed by atoms with Crippen LogP contribution < -0.4 is 0 Å². The third-order valence-electron chi connectivity index (χ3n) is 4.86. The zero-order valence-electron chi connectivity index (χ0n) is 14.2. The lowest BCUT2D eigenvalue weighted by atomic mass is 9.73. The Morgan fingerprint density at radius 1 is 1.08 bits per heavy atom. The summed E-state index contributed by atoms with van der Waals surface area (Å²) in [6, 6.07) is 16.2. The highest BCUT2D eigenvalue weighted by Crippen LogP contribution is 2.37. The molecular weight excluding hydrogens is 446 g/mol. The van der Waals surface area contributed by atoms with Gasteiger partial charge in [-0.05, 0) is 42.2 Å². The van der Waals surface area contributed by atoms with Gasteiger partial charge in [-0.15, -0.1) is 0 Å². The minimum Gasteiger partial charge on any atom is -0.381 e. The van der Waals surface area contributed by atoms with E-state index < -0.39 is 5.41 Å². The van der Waals surface area contributed by atoms with Crippen LogP contribution in [0.1, 0.15) is 24.0 Å². The average Bonchev–Trinajstić information content (AvgIpc) is 2.64. The summed E-state index contributed by atoms with van der Waals surface area (Å²) in [6.07, 6.45) is 1.43. The first kappa shape index (κ1) is 18.6. The van der Waals surface area contributed by atoms with Gasteiger partial charge in [0.2, 0.25) is 5.91 Å². The molecule has 25 heavy (non-hydrogen) atoms. The van der Waals surface area contributed by atoms with Gasteiger partial charge in [-0.2, -0.15) is 0 Å². The molecule has 1 amide bonds. The van der Waals surface area contributed by atoms with Crippen LogP contribution in [0.25, 0.3) is 0 Å². The van der Waals surface area contributed by atoms with E-state index >= 15 is 0 Å². The minimum atomic E-state index is -0.505. The van der Waals surface area contributed by atoms with E-state index in [4.69, 9.17) is 4.74 Å². The van der Waals surface area contributed by atoms with Gasteiger partial charge in [0.25, 0.3) is 0 Å². The van der Waals surface area contributed by atoms with Crippen LogP contribution in [0.2, 0.25) is 0 Å². The van der Waals surface area contributed by atoms with Crippen molar-refractivity contribution in [2.75, 3.05) is 20.3 Å². The number of benzene rings is 2. The Hall–Kier alpha value is -1.17. The third kappa shape index (κ3) is 3.99. The van der Waals surface area contributed by atoms with Crippen LogP contribution in [-0.4, -0.2) is 31.1 Å². The molecule has 0 saturated carbocycles. The molecule has 1 saturated heterocycles. The highest BCUT2D eigenvalue weighted by Gasteiger charge is 2.43. The van der Waals surface area contributed by atoms with Crippen molar-refractivity contribution in [3.05, 3.63) is 68.6 Å². The number of halogens is 2. The smallest absolute Gasteiger partial charge is 0.233 e. The van der Waals surface area contributed by atoms with Gasteiger partial charge in [-0.3, -0.25) is 4.79 Å². The average molecular weight is 467 g/mol. The second kappa shape index (κ2) is 8.02. The molecule has 2 aromatic rings. The maximum absolute atomic E-state index is 13.5. The van der Waals surface area contributed by atoms with Crippen LogP contribution >= 0.6 is 31.9 Å². The van der Waals surface area contributed by atoms with Crippen molar-refractivity contribution in [1.29, 1.82) is 0 Å². The zero-order chi connectivity index (χ0) is 17.9. The second-order valence-electron chi connectivity index (χ2n) is 6.45. The Kier molecular flexibility index (Phi) is 5.97. The number of hydrogen-bond donors (Lipinski definition) is 0. The van der Waals surface area contributed by atoms with Crippen LogP contribution in [0.3, 0.4) is 0 Å². The van der Waals surface area contributed by atoms with Gasteiger partial charge in [-0.1, -0.05) is 62.2 Å². The van der Waals surface area contributed by atoms with Crippen molar-refractivity contribution in [2.24, 2.45) is 0 Å². The van der Waals surface area contributed by atoms with Crippen molar-refractivity contribution in [1.82, 2.24) is 4.90 Å². The van der Waals surface area contributed by atoms with Crippen molar-refractivity contribution >= 4 is 37.8 Å². The van der Waals surface area contributed by atoms with E-state index in [9.17, 15) is 4.79 Å². The Labute approximate surface area is 165 Å². The number of carbonyl (C=O) groups excluding carboxylic acids is 1. The zero-order valence-corrected chi connectivity index (χ0v) is 17.3. The summed E-state index contributed by atoms with van der Waals surface area (Å²) in [6.45, 7) is 1.81. The Morgan fingerprint density at radius 2 is 1.72 bits per heavy atom. The second-order valence-corrected chi connectivity index (χ2v) is 8.22. The van der Waals surface area contributed by atoms with Gasteiger partial charge in [0.05, 0.1) is 5.41 Å². The molecule has 3 rings (SSSR count). The molecule has 1 fully saturated rings. The number of nitrogens with zero attached hydrogens (tertiary/aromatic N) is 1. The number of amides is 1. The first-order chi connectivity index (χ1) is 12.0. The van der Waals surface area contributed by atoms with Gasteiger partial charge in [0.15, 0.2) is 0 Å². The molecule has 3 nitrogen and oxygen atoms in total. The molecule has 5 heteroatoms. The van der Waals surface area contributed by atoms with E-state index in [1.807, 2.05) is 48.3 Å². The normalized spacial score (nSPS) is 16.4. The molecule has 0 aliphatic carbocycles. The molecule has 1 aliphatic rings. The van der Waals surface area contributed by atoms with Gasteiger partial charge in [-0.25, -0.2) is 0 Å². The first-order valence-corrected chi connectivity index (χ1v) is 9.94. The van der Waals surface area contributed by atoms with E-state index in [0.29, 0.717) is 32.6 Å². The summed E-state index contributed by atoms with van der Waals surface area (Å²) < 4.78 is 7.60. The third-order valence-corrected chi connectivity index (χ3v) is 6.17. The van der Waals surface area contributed by atoms with Crippen LogP contribution in [0.15, 0.2) is 57.5 Å². The van der Waals surface area contributed by atoms with Crippen LogP contribution in [-0.2, 0) is 21.5 Å². The van der Waals surface area contributed by atoms with Crippen molar-refractivity contribution in [3.8, 4) is 0 Å². The number of hydrogen-bond acceptors (Lipinski definition) is 2. The lowest BCUT2D eigenvalue weighted by Gasteiger charge is -2.39. The topological polar surface area (TPSA) is 29.5 Å². The summed E-state index contributed by atoms with van der Waals surface area (Å²) in [7, 11) is 1.89. The Balaban J connectivity index is 1.89. The molecule has 0 radical (unpaired) electrons. The Bertz CT molecular complexity index is 740. The number of carbonyl (C=O) groups is 1. The van der Waals surface area contributed by atoms with Crippen LogP contribution in [0, 0.1) is 0 Å². The maximum Gasteiger partial charge on any atom is 0.233 e. The lowest BCUT2D eigenvalue weighted by Crippen LogP contribution is -2.48. The van der Waals surface area contributed by atoms with E-state index in [1.54, 1.807) is 0 Å². The van der Waals surface area contributed by atoms with Gasteiger partial charge in [0, 0.05) is 35.8 Å². The number of ether oxygens (including phenoxy) is 1. The number of likely N-dealkylation sites (N-methyl/N-ethyl adjacent to an activating group) is 1. The fraction of sp³-hybridized carbons (Fsp3) is 0.350. The summed E-state index contributed by atoms with van der Waals surface area (Å²) in [4.78, 5) is 15.3. The highest BCUT2D eigenvalue weighted by atomic mass is 79.9. The lowest BCUT2D eigenvalue weighted by molar-refractivity contribution is -0.140. The standard InChI is InChI=1S/C20H21Br2NO2/c1-23(14-15-4-2-3-5-18(15)22)19(24)20(10-12-25-13-11-20)16-6-8-17(21)9-7-16/h2-9H,10-14H2,1H3. The molecule has 0 unspecified atom stereocenters. The fourth-order valence-electron chi connectivity index (χ4n) is 3.43. The molecular formula is C20H21Br2NO2. The number of rotatable bonds is 4. The first-order valence-electron chi connectivity index (χ1n) is 8.36. The largest absolute Gasteiger partial charge is 0.381 e. The molecule has 1 heterocycles. The Morgan fingerprint density at radius 3 is 2.36 bits per heavy atom. The summed E-state index contributed by atoms with van der Waals surface area (Å²) in [5.41, 5.74) is 1.67. The summed E-state index contributed by atoms with van der Waals surface area (Å²) in [5.74, 6) is 0.161. The van der Waals surface area contributed by atoms with E-state index in [1.165, 1.54) is 0 Å². The predicted molar refractivity (Wildman–Crippen MR) is 106 cm³/mol. The van der Waals surface area contributed by atoms with E-state index in [0.717, 1.165) is 20.1 Å². The van der Waals surface area contributed by atoms with Crippen molar-refractivity contribution in [3.63, 3.8) is 0 Å². The van der Waals surface area contributed by atoms with Gasteiger partial charge < -0.3 is 9.64 Å². The quantitative estimate of drug-likeness (QED) is 0.640.